The van der Waals surface area contributed by atoms with Gasteiger partial charge in [-0.3, -0.25) is 10.1 Å². The van der Waals surface area contributed by atoms with Crippen LogP contribution in [0.25, 0.3) is 0 Å². The lowest BCUT2D eigenvalue weighted by molar-refractivity contribution is -0.384. The number of non-ortho nitro benzene ring substituents is 1. The molecule has 1 N–H and O–H groups in total. The van der Waals surface area contributed by atoms with Gasteiger partial charge in [0.05, 0.1) is 10.6 Å². The monoisotopic (exact) mass is 338 g/mol. The van der Waals surface area contributed by atoms with Gasteiger partial charge in [-0.05, 0) is 53.6 Å². The van der Waals surface area contributed by atoms with Crippen molar-refractivity contribution in [2.75, 3.05) is 11.9 Å². The first-order chi connectivity index (χ1) is 9.45. The Hall–Kier alpha value is -1.36. The molecule has 0 aliphatic heterocycles. The Kier molecular flexibility index (Phi) is 4.81. The summed E-state index contributed by atoms with van der Waals surface area (Å²) in [5.41, 5.74) is 2.34. The molecule has 2 unspecified atom stereocenters. The van der Waals surface area contributed by atoms with Crippen molar-refractivity contribution in [2.45, 2.75) is 26.7 Å². The maximum absolute atomic E-state index is 10.8. The number of hydrogen-bond donors (Lipinski definition) is 1. The van der Waals surface area contributed by atoms with Crippen molar-refractivity contribution in [1.29, 1.82) is 0 Å². The number of rotatable bonds is 4. The molecule has 1 aliphatic rings. The summed E-state index contributed by atoms with van der Waals surface area (Å²) in [6.45, 7) is 5.25. The van der Waals surface area contributed by atoms with Crippen molar-refractivity contribution in [3.05, 3.63) is 44.4 Å². The van der Waals surface area contributed by atoms with Crippen molar-refractivity contribution < 1.29 is 4.92 Å². The molecule has 5 heteroatoms. The van der Waals surface area contributed by atoms with Crippen LogP contribution in [0.2, 0.25) is 0 Å². The zero-order valence-corrected chi connectivity index (χ0v) is 13.3. The molecule has 0 amide bonds. The molecule has 0 radical (unpaired) electrons. The predicted octanol–water partition coefficient (Wildman–Crippen LogP) is 4.76. The second kappa shape index (κ2) is 6.39. The standard InChI is InChI=1S/C15H19BrN2O2/c1-10-5-11(2)7-12(6-10)9-17-15-8-13(18(19)20)3-4-14(15)16/h3-5,8,10,12,17H,6-7,9H2,1-2H3. The number of benzene rings is 1. The molecule has 20 heavy (non-hydrogen) atoms. The normalized spacial score (nSPS) is 22.2. The summed E-state index contributed by atoms with van der Waals surface area (Å²) >= 11 is 3.43. The van der Waals surface area contributed by atoms with Crippen LogP contribution in [0.4, 0.5) is 11.4 Å². The first-order valence-electron chi connectivity index (χ1n) is 6.81. The lowest BCUT2D eigenvalue weighted by Gasteiger charge is -2.26. The van der Waals surface area contributed by atoms with Gasteiger partial charge in [0.25, 0.3) is 5.69 Å². The van der Waals surface area contributed by atoms with E-state index in [1.165, 1.54) is 11.6 Å². The molecule has 0 fully saturated rings. The van der Waals surface area contributed by atoms with E-state index in [1.807, 2.05) is 0 Å². The maximum atomic E-state index is 10.8. The number of allylic oxidation sites excluding steroid dienone is 2. The highest BCUT2D eigenvalue weighted by Crippen LogP contribution is 2.30. The quantitative estimate of drug-likeness (QED) is 0.489. The molecule has 4 nitrogen and oxygen atoms in total. The van der Waals surface area contributed by atoms with Crippen LogP contribution in [0.15, 0.2) is 34.3 Å². The minimum Gasteiger partial charge on any atom is -0.384 e. The van der Waals surface area contributed by atoms with E-state index in [0.717, 1.165) is 29.5 Å². The van der Waals surface area contributed by atoms with E-state index in [-0.39, 0.29) is 10.6 Å². The molecule has 0 aromatic heterocycles. The lowest BCUT2D eigenvalue weighted by atomic mass is 9.84. The fourth-order valence-electron chi connectivity index (χ4n) is 2.86. The summed E-state index contributed by atoms with van der Waals surface area (Å²) in [7, 11) is 0. The van der Waals surface area contributed by atoms with Crippen LogP contribution in [-0.2, 0) is 0 Å². The van der Waals surface area contributed by atoms with Crippen molar-refractivity contribution >= 4 is 27.3 Å². The SMILES string of the molecule is CC1=CC(C)CC(CNc2cc([N+](=O)[O-])ccc2Br)C1. The fourth-order valence-corrected chi connectivity index (χ4v) is 3.25. The molecule has 0 heterocycles. The number of hydrogen-bond acceptors (Lipinski definition) is 3. The van der Waals surface area contributed by atoms with Gasteiger partial charge < -0.3 is 5.32 Å². The summed E-state index contributed by atoms with van der Waals surface area (Å²) in [6, 6.07) is 4.80. The largest absolute Gasteiger partial charge is 0.384 e. The third-order valence-corrected chi connectivity index (χ3v) is 4.32. The maximum Gasteiger partial charge on any atom is 0.271 e. The van der Waals surface area contributed by atoms with Gasteiger partial charge in [-0.15, -0.1) is 0 Å². The molecule has 1 aromatic rings. The van der Waals surface area contributed by atoms with Gasteiger partial charge in [0.1, 0.15) is 0 Å². The van der Waals surface area contributed by atoms with Crippen LogP contribution in [0.3, 0.4) is 0 Å². The fraction of sp³-hybridized carbons (Fsp3) is 0.467. The molecule has 1 aromatic carbocycles. The van der Waals surface area contributed by atoms with Crippen LogP contribution >= 0.6 is 15.9 Å². The van der Waals surface area contributed by atoms with Gasteiger partial charge in [-0.1, -0.05) is 18.6 Å². The summed E-state index contributed by atoms with van der Waals surface area (Å²) in [6.07, 6.45) is 4.60. The molecule has 0 saturated carbocycles. The van der Waals surface area contributed by atoms with E-state index in [0.29, 0.717) is 11.8 Å². The molecule has 1 aliphatic carbocycles. The third kappa shape index (κ3) is 3.82. The Bertz CT molecular complexity index is 543. The van der Waals surface area contributed by atoms with Crippen LogP contribution in [0.5, 0.6) is 0 Å². The second-order valence-electron chi connectivity index (χ2n) is 5.60. The van der Waals surface area contributed by atoms with Crippen molar-refractivity contribution in [3.63, 3.8) is 0 Å². The van der Waals surface area contributed by atoms with Crippen LogP contribution in [0.1, 0.15) is 26.7 Å². The van der Waals surface area contributed by atoms with Gasteiger partial charge in [-0.2, -0.15) is 0 Å². The predicted molar refractivity (Wildman–Crippen MR) is 84.9 cm³/mol. The molecule has 0 bridgehead atoms. The van der Waals surface area contributed by atoms with Gasteiger partial charge in [0, 0.05) is 23.2 Å². The van der Waals surface area contributed by atoms with E-state index in [1.54, 1.807) is 12.1 Å². The number of anilines is 1. The van der Waals surface area contributed by atoms with Crippen LogP contribution in [-0.4, -0.2) is 11.5 Å². The van der Waals surface area contributed by atoms with E-state index in [4.69, 9.17) is 0 Å². The summed E-state index contributed by atoms with van der Waals surface area (Å²) in [4.78, 5) is 10.4. The van der Waals surface area contributed by atoms with Crippen molar-refractivity contribution in [2.24, 2.45) is 11.8 Å². The highest BCUT2D eigenvalue weighted by atomic mass is 79.9. The van der Waals surface area contributed by atoms with Gasteiger partial charge in [-0.25, -0.2) is 0 Å². The molecular formula is C15H19BrN2O2. The highest BCUT2D eigenvalue weighted by molar-refractivity contribution is 9.10. The van der Waals surface area contributed by atoms with Crippen molar-refractivity contribution in [1.82, 2.24) is 0 Å². The first kappa shape index (κ1) is 15.0. The molecule has 0 saturated heterocycles. The Morgan fingerprint density at radius 1 is 1.50 bits per heavy atom. The average molecular weight is 339 g/mol. The van der Waals surface area contributed by atoms with Crippen LogP contribution < -0.4 is 5.32 Å². The Balaban J connectivity index is 2.02. The average Bonchev–Trinajstić information content (AvgIpc) is 2.36. The lowest BCUT2D eigenvalue weighted by Crippen LogP contribution is -2.20. The summed E-state index contributed by atoms with van der Waals surface area (Å²) in [5.74, 6) is 1.20. The topological polar surface area (TPSA) is 55.2 Å². The molecule has 0 spiro atoms. The van der Waals surface area contributed by atoms with Gasteiger partial charge >= 0.3 is 0 Å². The van der Waals surface area contributed by atoms with Crippen molar-refractivity contribution in [3.8, 4) is 0 Å². The minimum absolute atomic E-state index is 0.115. The summed E-state index contributed by atoms with van der Waals surface area (Å²) in [5, 5.41) is 14.2. The van der Waals surface area contributed by atoms with Gasteiger partial charge in [0.15, 0.2) is 0 Å². The third-order valence-electron chi connectivity index (χ3n) is 3.63. The highest BCUT2D eigenvalue weighted by Gasteiger charge is 2.18. The van der Waals surface area contributed by atoms with Gasteiger partial charge in [0.2, 0.25) is 0 Å². The first-order valence-corrected chi connectivity index (χ1v) is 7.60. The number of nitro groups is 1. The molecule has 2 rings (SSSR count). The van der Waals surface area contributed by atoms with E-state index in [9.17, 15) is 10.1 Å². The number of halogens is 1. The Morgan fingerprint density at radius 3 is 2.90 bits per heavy atom. The zero-order valence-electron chi connectivity index (χ0n) is 11.7. The van der Waals surface area contributed by atoms with Crippen LogP contribution in [0, 0.1) is 22.0 Å². The van der Waals surface area contributed by atoms with E-state index in [2.05, 4.69) is 41.2 Å². The zero-order chi connectivity index (χ0) is 14.7. The number of nitrogens with zero attached hydrogens (tertiary/aromatic N) is 1. The summed E-state index contributed by atoms with van der Waals surface area (Å²) < 4.78 is 0.860. The molecular weight excluding hydrogens is 320 g/mol. The Labute approximate surface area is 127 Å². The molecule has 108 valence electrons. The Morgan fingerprint density at radius 2 is 2.25 bits per heavy atom. The smallest absolute Gasteiger partial charge is 0.271 e. The second-order valence-corrected chi connectivity index (χ2v) is 6.45. The number of nitrogens with one attached hydrogen (secondary N) is 1. The minimum atomic E-state index is -0.368. The van der Waals surface area contributed by atoms with E-state index >= 15 is 0 Å². The number of nitro benzene ring substituents is 1. The molecule has 2 atom stereocenters. The van der Waals surface area contributed by atoms with E-state index < -0.39 is 0 Å².